The van der Waals surface area contributed by atoms with Crippen molar-refractivity contribution >= 4 is 33.1 Å². The number of azo groups is 1. The van der Waals surface area contributed by atoms with Crippen LogP contribution in [0.5, 0.6) is 0 Å². The zero-order valence-electron chi connectivity index (χ0n) is 14.7. The van der Waals surface area contributed by atoms with Gasteiger partial charge in [0.1, 0.15) is 10.5 Å². The minimum Gasteiger partial charge on any atom is -0.382 e. The van der Waals surface area contributed by atoms with Crippen LogP contribution in [0.2, 0.25) is 0 Å². The summed E-state index contributed by atoms with van der Waals surface area (Å²) in [5.74, 6) is 1.09. The summed E-state index contributed by atoms with van der Waals surface area (Å²) in [6.45, 7) is 1.78. The van der Waals surface area contributed by atoms with Crippen molar-refractivity contribution in [2.24, 2.45) is 16.1 Å². The predicted octanol–water partition coefficient (Wildman–Crippen LogP) is 4.62. The van der Waals surface area contributed by atoms with E-state index in [9.17, 15) is 0 Å². The molecule has 7 heteroatoms. The molecule has 1 fully saturated rings. The van der Waals surface area contributed by atoms with E-state index in [4.69, 9.17) is 15.5 Å². The van der Waals surface area contributed by atoms with Crippen molar-refractivity contribution < 1.29 is 4.74 Å². The highest BCUT2D eigenvalue weighted by molar-refractivity contribution is 7.18. The van der Waals surface area contributed by atoms with Gasteiger partial charge in [0.25, 0.3) is 0 Å². The summed E-state index contributed by atoms with van der Waals surface area (Å²) >= 11 is 1.78. The van der Waals surface area contributed by atoms with E-state index in [1.54, 1.807) is 24.6 Å². The van der Waals surface area contributed by atoms with Gasteiger partial charge in [0.15, 0.2) is 5.82 Å². The maximum Gasteiger partial charge on any atom is 0.151 e. The summed E-state index contributed by atoms with van der Waals surface area (Å²) in [6.07, 6.45) is 5.15. The largest absolute Gasteiger partial charge is 0.382 e. The number of aromatic nitrogens is 2. The second-order valence-corrected chi connectivity index (χ2v) is 7.61. The highest BCUT2D eigenvalue weighted by atomic mass is 32.1. The van der Waals surface area contributed by atoms with E-state index < -0.39 is 0 Å². The van der Waals surface area contributed by atoms with Crippen molar-refractivity contribution in [2.45, 2.75) is 19.3 Å². The van der Waals surface area contributed by atoms with Crippen LogP contribution in [0, 0.1) is 5.92 Å². The van der Waals surface area contributed by atoms with Crippen molar-refractivity contribution in [3.63, 3.8) is 0 Å². The van der Waals surface area contributed by atoms with Crippen LogP contribution >= 0.6 is 11.3 Å². The number of nitrogens with zero attached hydrogens (tertiary/aromatic N) is 4. The molecule has 1 saturated heterocycles. The summed E-state index contributed by atoms with van der Waals surface area (Å²) in [5, 5.41) is 9.01. The Morgan fingerprint density at radius 3 is 2.92 bits per heavy atom. The zero-order chi connectivity index (χ0) is 17.9. The summed E-state index contributed by atoms with van der Waals surface area (Å²) in [7, 11) is 1.61. The maximum atomic E-state index is 5.84. The van der Waals surface area contributed by atoms with Crippen LogP contribution in [0.25, 0.3) is 21.5 Å². The molecule has 0 bridgehead atoms. The van der Waals surface area contributed by atoms with Gasteiger partial charge in [-0.25, -0.2) is 9.97 Å². The molecule has 1 aliphatic heterocycles. The lowest BCUT2D eigenvalue weighted by Gasteiger charge is -2.21. The van der Waals surface area contributed by atoms with Gasteiger partial charge in [-0.3, -0.25) is 0 Å². The fourth-order valence-corrected chi connectivity index (χ4v) is 4.40. The molecule has 3 aromatic heterocycles. The fraction of sp³-hybridized carbons (Fsp3) is 0.368. The van der Waals surface area contributed by atoms with E-state index in [1.807, 2.05) is 12.1 Å². The van der Waals surface area contributed by atoms with Crippen molar-refractivity contribution in [3.8, 4) is 11.3 Å². The Labute approximate surface area is 156 Å². The van der Waals surface area contributed by atoms with E-state index in [0.29, 0.717) is 11.5 Å². The highest BCUT2D eigenvalue weighted by Crippen LogP contribution is 2.32. The lowest BCUT2D eigenvalue weighted by Crippen LogP contribution is -2.17. The van der Waals surface area contributed by atoms with Crippen LogP contribution in [0.3, 0.4) is 0 Å². The van der Waals surface area contributed by atoms with Gasteiger partial charge in [0.2, 0.25) is 0 Å². The van der Waals surface area contributed by atoms with Crippen LogP contribution in [0.4, 0.5) is 11.5 Å². The van der Waals surface area contributed by atoms with Crippen molar-refractivity contribution in [3.05, 3.63) is 35.3 Å². The molecule has 26 heavy (non-hydrogen) atoms. The normalized spacial score (nSPS) is 15.9. The first-order chi connectivity index (χ1) is 12.7. The number of rotatable bonds is 4. The fourth-order valence-electron chi connectivity index (χ4n) is 3.26. The maximum absolute atomic E-state index is 5.84. The number of hydrogen-bond acceptors (Lipinski definition) is 7. The Morgan fingerprint density at radius 2 is 2.12 bits per heavy atom. The Morgan fingerprint density at radius 1 is 1.27 bits per heavy atom. The first kappa shape index (κ1) is 17.1. The number of nitrogens with two attached hydrogens (primary N) is 1. The molecule has 0 saturated carbocycles. The van der Waals surface area contributed by atoms with Crippen LogP contribution in [0.15, 0.2) is 40.7 Å². The number of anilines is 1. The zero-order valence-corrected chi connectivity index (χ0v) is 15.5. The molecule has 6 nitrogen and oxygen atoms in total. The van der Waals surface area contributed by atoms with E-state index in [-0.39, 0.29) is 0 Å². The topological polar surface area (TPSA) is 85.8 Å². The molecule has 4 rings (SSSR count). The van der Waals surface area contributed by atoms with E-state index in [2.05, 4.69) is 27.3 Å². The number of hydrogen-bond donors (Lipinski definition) is 1. The van der Waals surface area contributed by atoms with Gasteiger partial charge in [-0.2, -0.15) is 10.2 Å². The summed E-state index contributed by atoms with van der Waals surface area (Å²) in [5.41, 5.74) is 8.18. The number of ether oxygens (including phenoxy) is 1. The van der Waals surface area contributed by atoms with Gasteiger partial charge in [0.05, 0.1) is 5.69 Å². The number of fused-ring (bicyclic) bond motifs is 1. The summed E-state index contributed by atoms with van der Waals surface area (Å²) in [4.78, 5) is 11.5. The molecule has 0 aliphatic carbocycles. The SMILES string of the molecule is CN=Nc1cc(-c2ccc3cc(CC4CCOCC4)sc3n2)cnc1N. The highest BCUT2D eigenvalue weighted by Gasteiger charge is 2.16. The van der Waals surface area contributed by atoms with Crippen molar-refractivity contribution in [1.29, 1.82) is 0 Å². The smallest absolute Gasteiger partial charge is 0.151 e. The van der Waals surface area contributed by atoms with Gasteiger partial charge in [-0.15, -0.1) is 11.3 Å². The molecule has 0 atom stereocenters. The standard InChI is InChI=1S/C19H21N5OS/c1-21-24-17-10-14(11-22-18(17)20)16-3-2-13-9-15(26-19(13)23-16)8-12-4-6-25-7-5-12/h2-3,9-12H,4-8H2,1H3,(H2,20,22). The average Bonchev–Trinajstić information content (AvgIpc) is 3.06. The van der Waals surface area contributed by atoms with Crippen molar-refractivity contribution in [1.82, 2.24) is 9.97 Å². The molecule has 1 aliphatic rings. The average molecular weight is 367 g/mol. The quantitative estimate of drug-likeness (QED) is 0.682. The first-order valence-electron chi connectivity index (χ1n) is 8.76. The van der Waals surface area contributed by atoms with Gasteiger partial charge in [-0.05, 0) is 49.4 Å². The summed E-state index contributed by atoms with van der Waals surface area (Å²) in [6, 6.07) is 8.29. The van der Waals surface area contributed by atoms with Crippen molar-refractivity contribution in [2.75, 3.05) is 26.0 Å². The Hall–Kier alpha value is -2.38. The van der Waals surface area contributed by atoms with Crippen LogP contribution in [-0.4, -0.2) is 30.2 Å². The van der Waals surface area contributed by atoms with Crippen LogP contribution in [0.1, 0.15) is 17.7 Å². The molecule has 0 radical (unpaired) electrons. The molecule has 0 aromatic carbocycles. The Bertz CT molecular complexity index is 946. The first-order valence-corrected chi connectivity index (χ1v) is 9.57. The third-order valence-corrected chi connectivity index (χ3v) is 5.73. The molecule has 134 valence electrons. The van der Waals surface area contributed by atoms with E-state index in [0.717, 1.165) is 54.5 Å². The lowest BCUT2D eigenvalue weighted by atomic mass is 9.96. The van der Waals surface area contributed by atoms with E-state index >= 15 is 0 Å². The van der Waals surface area contributed by atoms with Crippen LogP contribution < -0.4 is 5.73 Å². The molecular formula is C19H21N5OS. The molecule has 2 N–H and O–H groups in total. The van der Waals surface area contributed by atoms with Gasteiger partial charge < -0.3 is 10.5 Å². The molecule has 0 spiro atoms. The lowest BCUT2D eigenvalue weighted by molar-refractivity contribution is 0.0667. The van der Waals surface area contributed by atoms with Crippen LogP contribution in [-0.2, 0) is 11.2 Å². The van der Waals surface area contributed by atoms with Gasteiger partial charge in [0, 0.05) is 42.3 Å². The van der Waals surface area contributed by atoms with E-state index in [1.165, 1.54) is 10.3 Å². The predicted molar refractivity (Wildman–Crippen MR) is 105 cm³/mol. The molecule has 0 amide bonds. The summed E-state index contributed by atoms with van der Waals surface area (Å²) < 4.78 is 5.46. The molecule has 4 heterocycles. The third kappa shape index (κ3) is 3.59. The monoisotopic (exact) mass is 367 g/mol. The number of nitrogen functional groups attached to an aromatic ring is 1. The number of pyridine rings is 2. The Balaban J connectivity index is 1.62. The Kier molecular flexibility index (Phi) is 4.90. The van der Waals surface area contributed by atoms with Gasteiger partial charge in [-0.1, -0.05) is 0 Å². The molecule has 3 aromatic rings. The molecular weight excluding hydrogens is 346 g/mol. The minimum atomic E-state index is 0.371. The minimum absolute atomic E-state index is 0.371. The second kappa shape index (κ2) is 7.47. The number of thiophene rings is 1. The second-order valence-electron chi connectivity index (χ2n) is 6.49. The third-order valence-electron chi connectivity index (χ3n) is 4.67. The molecule has 0 unspecified atom stereocenters. The van der Waals surface area contributed by atoms with Gasteiger partial charge >= 0.3 is 0 Å².